The van der Waals surface area contributed by atoms with Crippen molar-refractivity contribution < 1.29 is 28.9 Å². The van der Waals surface area contributed by atoms with Crippen molar-refractivity contribution in [3.63, 3.8) is 0 Å². The minimum atomic E-state index is -1.35. The molecule has 0 heterocycles. The predicted octanol–water partition coefficient (Wildman–Crippen LogP) is 8.10. The van der Waals surface area contributed by atoms with Crippen LogP contribution in [-0.2, 0) is 30.1 Å². The maximum Gasteiger partial charge on any atom is 0.243 e. The molecule has 45 heavy (non-hydrogen) atoms. The van der Waals surface area contributed by atoms with Crippen LogP contribution in [-0.4, -0.2) is 35.7 Å². The summed E-state index contributed by atoms with van der Waals surface area (Å²) in [4.78, 5) is 43.0. The molecule has 0 bridgehead atoms. The second-order valence-corrected chi connectivity index (χ2v) is 16.2. The van der Waals surface area contributed by atoms with Crippen LogP contribution in [0.2, 0.25) is 19.6 Å². The van der Waals surface area contributed by atoms with Gasteiger partial charge in [-0.25, -0.2) is 11.4 Å². The Morgan fingerprint density at radius 1 is 0.711 bits per heavy atom. The summed E-state index contributed by atoms with van der Waals surface area (Å²) in [5.74, 6) is 4.78. The molecule has 0 saturated heterocycles. The lowest BCUT2D eigenvalue weighted by Crippen LogP contribution is -2.28. The summed E-state index contributed by atoms with van der Waals surface area (Å²) in [5, 5.41) is 7.73. The number of hydrogen-bond acceptors (Lipinski definition) is 8. The zero-order chi connectivity index (χ0) is 33.6. The summed E-state index contributed by atoms with van der Waals surface area (Å²) >= 11 is 10.3. The van der Waals surface area contributed by atoms with Crippen molar-refractivity contribution in [1.29, 1.82) is 0 Å². The number of unbranched alkanes of at least 4 members (excludes halogenated alkanes) is 6. The van der Waals surface area contributed by atoms with E-state index in [1.54, 1.807) is 5.48 Å². The van der Waals surface area contributed by atoms with Crippen LogP contribution >= 0.6 is 47.2 Å². The largest absolute Gasteiger partial charge is 0.399 e. The van der Waals surface area contributed by atoms with Gasteiger partial charge in [-0.15, -0.1) is 24.0 Å². The monoisotopic (exact) mass is 799 g/mol. The van der Waals surface area contributed by atoms with Gasteiger partial charge in [-0.1, -0.05) is 74.2 Å². The van der Waals surface area contributed by atoms with E-state index >= 15 is 0 Å². The fraction of sp³-hybridized carbons (Fsp3) is 0.500. The number of nitrogen functional groups attached to an aromatic ring is 1. The number of halogens is 3. The summed E-state index contributed by atoms with van der Waals surface area (Å²) in [5.41, 5.74) is 8.85. The lowest BCUT2D eigenvalue weighted by Gasteiger charge is -2.09. The number of ketones is 1. The van der Waals surface area contributed by atoms with Crippen molar-refractivity contribution in [3.05, 3.63) is 66.2 Å². The van der Waals surface area contributed by atoms with E-state index in [0.717, 1.165) is 62.6 Å². The number of rotatable bonds is 17. The average molecular weight is 801 g/mol. The van der Waals surface area contributed by atoms with Gasteiger partial charge in [0.2, 0.25) is 24.7 Å². The first-order valence-electron chi connectivity index (χ1n) is 14.8. The van der Waals surface area contributed by atoms with Crippen LogP contribution in [0.3, 0.4) is 0 Å². The van der Waals surface area contributed by atoms with Crippen LogP contribution in [0.15, 0.2) is 60.7 Å². The van der Waals surface area contributed by atoms with Crippen LogP contribution in [0.1, 0.15) is 82.6 Å². The second kappa shape index (κ2) is 32.1. The van der Waals surface area contributed by atoms with E-state index in [2.05, 4.69) is 4.53 Å². The molecule has 0 aromatic heterocycles. The highest BCUT2D eigenvalue weighted by molar-refractivity contribution is 14.0. The summed E-state index contributed by atoms with van der Waals surface area (Å²) in [6.45, 7) is 6.10. The molecule has 0 aliphatic heterocycles. The van der Waals surface area contributed by atoms with E-state index in [-0.39, 0.29) is 46.2 Å². The number of nitrogens with two attached hydrogens (primary N) is 2. The Balaban J connectivity index is -0.000000578. The van der Waals surface area contributed by atoms with E-state index in [4.69, 9.17) is 40.0 Å². The van der Waals surface area contributed by atoms with Gasteiger partial charge in [0.1, 0.15) is 5.78 Å². The number of benzene rings is 2. The molecule has 0 aliphatic carbocycles. The number of carbonyl (C=O) groups is 4. The van der Waals surface area contributed by atoms with E-state index in [9.17, 15) is 19.2 Å². The first kappa shape index (κ1) is 47.5. The highest BCUT2D eigenvalue weighted by Gasteiger charge is 2.11. The maximum absolute atomic E-state index is 11.7. The predicted molar refractivity (Wildman–Crippen MR) is 197 cm³/mol. The number of hydroxylamine groups is 1. The fourth-order valence-corrected chi connectivity index (χ4v) is 3.53. The van der Waals surface area contributed by atoms with Gasteiger partial charge in [-0.2, -0.15) is 0 Å². The standard InChI is InChI=1S/C15H21NO3.C8H12Cl2O2.C6H7N.C3H11NOSi.HI/c17-14(12-13-8-4-3-5-9-13)10-6-1-2-7-11-15(18)16-19;9-7(11)5-3-1-2-4-6-8(10)12;7-6-4-2-1-3-5-6;1-6(2,3)5-4;/h3-5,8-9,19H,1-2,6-7,10-12H2,(H,16,18);1-6H2;1-5H,7H2;4H2,1-3H3;1H. The molecule has 0 aliphatic rings. The summed E-state index contributed by atoms with van der Waals surface area (Å²) in [6, 6.07) is 19.2. The third-order valence-corrected chi connectivity index (χ3v) is 6.71. The number of amides is 1. The number of Topliss-reactive ketones (excluding diaryl/α,β-unsaturated/α-hetero) is 1. The quantitative estimate of drug-likeness (QED) is 0.0237. The molecular weight excluding hydrogens is 748 g/mol. The Morgan fingerprint density at radius 2 is 1.09 bits per heavy atom. The molecular formula is C32H52Cl2IN3O6Si. The number of anilines is 1. The van der Waals surface area contributed by atoms with Gasteiger partial charge in [0, 0.05) is 37.8 Å². The molecule has 2 rings (SSSR count). The van der Waals surface area contributed by atoms with Gasteiger partial charge in [0.25, 0.3) is 0 Å². The van der Waals surface area contributed by atoms with Crippen molar-refractivity contribution in [1.82, 2.24) is 5.48 Å². The summed E-state index contributed by atoms with van der Waals surface area (Å²) in [7, 11) is -1.35. The van der Waals surface area contributed by atoms with Crippen LogP contribution in [0, 0.1) is 0 Å². The van der Waals surface area contributed by atoms with Crippen molar-refractivity contribution in [2.75, 3.05) is 5.73 Å². The molecule has 0 atom stereocenters. The van der Waals surface area contributed by atoms with E-state index in [1.165, 1.54) is 0 Å². The third-order valence-electron chi connectivity index (χ3n) is 5.63. The third kappa shape index (κ3) is 40.1. The minimum absolute atomic E-state index is 0. The van der Waals surface area contributed by atoms with Crippen molar-refractivity contribution in [2.45, 2.75) is 103 Å². The SMILES string of the molecule is C[Si](C)(C)ON.I.Nc1ccccc1.O=C(CCCCCCC(=O)NO)Cc1ccccc1.O=C(Cl)CCCCCCC(=O)Cl. The van der Waals surface area contributed by atoms with Gasteiger partial charge in [-0.3, -0.25) is 24.4 Å². The zero-order valence-corrected chi connectivity index (χ0v) is 31.6. The topological polar surface area (TPSA) is 162 Å². The lowest BCUT2D eigenvalue weighted by atomic mass is 10.0. The number of nitrogens with one attached hydrogen (secondary N) is 1. The van der Waals surface area contributed by atoms with Crippen molar-refractivity contribution >= 4 is 83.4 Å². The Hall–Kier alpha value is -1.87. The molecule has 9 nitrogen and oxygen atoms in total. The molecule has 0 unspecified atom stereocenters. The first-order valence-corrected chi connectivity index (χ1v) is 19.0. The first-order chi connectivity index (χ1) is 20.8. The Kier molecular flexibility index (Phi) is 33.9. The van der Waals surface area contributed by atoms with Gasteiger partial charge in [0.05, 0.1) is 0 Å². The van der Waals surface area contributed by atoms with Crippen molar-refractivity contribution in [2.24, 2.45) is 5.90 Å². The van der Waals surface area contributed by atoms with Gasteiger partial charge in [0.15, 0.2) is 0 Å². The Morgan fingerprint density at radius 3 is 1.42 bits per heavy atom. The molecule has 1 amide bonds. The van der Waals surface area contributed by atoms with Crippen LogP contribution in [0.5, 0.6) is 0 Å². The van der Waals surface area contributed by atoms with Crippen LogP contribution < -0.4 is 17.1 Å². The zero-order valence-electron chi connectivity index (χ0n) is 26.8. The second-order valence-electron chi connectivity index (χ2n) is 10.9. The van der Waals surface area contributed by atoms with Gasteiger partial charge in [-0.05, 0) is 86.2 Å². The lowest BCUT2D eigenvalue weighted by molar-refractivity contribution is -0.129. The summed E-state index contributed by atoms with van der Waals surface area (Å²) < 4.78 is 4.58. The highest BCUT2D eigenvalue weighted by atomic mass is 127. The number of carbonyl (C=O) groups excluding carboxylic acids is 4. The van der Waals surface area contributed by atoms with Crippen molar-refractivity contribution in [3.8, 4) is 0 Å². The fourth-order valence-electron chi connectivity index (χ4n) is 3.26. The van der Waals surface area contributed by atoms with Gasteiger partial charge < -0.3 is 10.3 Å². The molecule has 0 spiro atoms. The summed E-state index contributed by atoms with van der Waals surface area (Å²) in [6.07, 6.45) is 9.25. The molecule has 0 saturated carbocycles. The highest BCUT2D eigenvalue weighted by Crippen LogP contribution is 2.09. The molecule has 6 N–H and O–H groups in total. The number of hydrogen-bond donors (Lipinski definition) is 4. The Bertz CT molecular complexity index is 1010. The molecule has 13 heteroatoms. The smallest absolute Gasteiger partial charge is 0.243 e. The molecule has 0 radical (unpaired) electrons. The van der Waals surface area contributed by atoms with Gasteiger partial charge >= 0.3 is 0 Å². The molecule has 2 aromatic carbocycles. The molecule has 0 fully saturated rings. The maximum atomic E-state index is 11.7. The molecule has 256 valence electrons. The van der Waals surface area contributed by atoms with E-state index in [1.807, 2.05) is 80.3 Å². The minimum Gasteiger partial charge on any atom is -0.399 e. The van der Waals surface area contributed by atoms with E-state index < -0.39 is 8.32 Å². The van der Waals surface area contributed by atoms with Crippen LogP contribution in [0.4, 0.5) is 5.69 Å². The average Bonchev–Trinajstić information content (AvgIpc) is 2.98. The number of para-hydroxylation sites is 1. The Labute approximate surface area is 297 Å². The normalized spacial score (nSPS) is 9.84. The van der Waals surface area contributed by atoms with Crippen LogP contribution in [0.25, 0.3) is 0 Å². The van der Waals surface area contributed by atoms with E-state index in [0.29, 0.717) is 32.1 Å². The molecule has 2 aromatic rings.